The van der Waals surface area contributed by atoms with E-state index in [1.807, 2.05) is 13.0 Å². The summed E-state index contributed by atoms with van der Waals surface area (Å²) in [5.74, 6) is 2.05. The van der Waals surface area contributed by atoms with Gasteiger partial charge in [0.05, 0.1) is 37.4 Å². The lowest BCUT2D eigenvalue weighted by molar-refractivity contribution is 0.102. The lowest BCUT2D eigenvalue weighted by Gasteiger charge is -2.29. The second kappa shape index (κ2) is 9.83. The zero-order chi connectivity index (χ0) is 26.2. The molecular formula is C29H29FN4O3. The third kappa shape index (κ3) is 5.00. The number of benzene rings is 1. The lowest BCUT2D eigenvalue weighted by Crippen LogP contribution is -2.36. The number of methoxy groups -OCH3 is 1. The third-order valence-electron chi connectivity index (χ3n) is 7.12. The van der Waals surface area contributed by atoms with Crippen molar-refractivity contribution in [2.75, 3.05) is 43.6 Å². The number of halogens is 1. The summed E-state index contributed by atoms with van der Waals surface area (Å²) in [6.45, 7) is 6.57. The highest BCUT2D eigenvalue weighted by Gasteiger charge is 2.41. The smallest absolute Gasteiger partial charge is 0.256 e. The van der Waals surface area contributed by atoms with Crippen LogP contribution in [0.3, 0.4) is 0 Å². The number of aromatic nitrogens is 2. The van der Waals surface area contributed by atoms with E-state index in [9.17, 15) is 4.79 Å². The largest absolute Gasteiger partial charge is 0.481 e. The van der Waals surface area contributed by atoms with Crippen LogP contribution in [0.1, 0.15) is 47.1 Å². The quantitative estimate of drug-likeness (QED) is 0.494. The van der Waals surface area contributed by atoms with Crippen molar-refractivity contribution in [1.29, 1.82) is 0 Å². The number of nitrogens with zero attached hydrogens (tertiary/aromatic N) is 3. The van der Waals surface area contributed by atoms with Crippen molar-refractivity contribution in [2.24, 2.45) is 0 Å². The Hall–Kier alpha value is -3.96. The number of aryl methyl sites for hydroxylation is 1. The third-order valence-corrected chi connectivity index (χ3v) is 7.12. The van der Waals surface area contributed by atoms with E-state index in [2.05, 4.69) is 33.0 Å². The van der Waals surface area contributed by atoms with E-state index in [0.717, 1.165) is 35.3 Å². The molecule has 2 aliphatic rings. The zero-order valence-electron chi connectivity index (χ0n) is 21.2. The number of carbonyl (C=O) groups is 1. The summed E-state index contributed by atoms with van der Waals surface area (Å²) in [5, 5.41) is 2.74. The van der Waals surface area contributed by atoms with E-state index in [-0.39, 0.29) is 11.1 Å². The predicted octanol–water partition coefficient (Wildman–Crippen LogP) is 4.72. The van der Waals surface area contributed by atoms with Crippen LogP contribution in [0.2, 0.25) is 0 Å². The minimum absolute atomic E-state index is 0.0540. The molecule has 190 valence electrons. The van der Waals surface area contributed by atoms with Gasteiger partial charge in [-0.25, -0.2) is 14.4 Å². The molecule has 1 saturated heterocycles. The molecule has 0 radical (unpaired) electrons. The number of hydrogen-bond donors (Lipinski definition) is 1. The minimum atomic E-state index is -0.522. The van der Waals surface area contributed by atoms with E-state index in [1.54, 1.807) is 24.4 Å². The SMILES string of the molecule is C#Cc1ncc(-c2cc(NC(=O)c3cc(OC)nc(C4(C)CC4)c3)c(F)cc2C)cc1N1CCOCC1. The number of terminal acetylenes is 1. The van der Waals surface area contributed by atoms with Gasteiger partial charge in [0, 0.05) is 41.9 Å². The Bertz CT molecular complexity index is 1400. The van der Waals surface area contributed by atoms with Crippen LogP contribution in [-0.4, -0.2) is 49.3 Å². The fourth-order valence-electron chi connectivity index (χ4n) is 4.52. The second-order valence-corrected chi connectivity index (χ2v) is 9.78. The first-order valence-electron chi connectivity index (χ1n) is 12.3. The summed E-state index contributed by atoms with van der Waals surface area (Å²) in [7, 11) is 1.51. The van der Waals surface area contributed by atoms with Crippen LogP contribution >= 0.6 is 0 Å². The van der Waals surface area contributed by atoms with E-state index in [1.165, 1.54) is 13.2 Å². The van der Waals surface area contributed by atoms with Crippen molar-refractivity contribution < 1.29 is 18.7 Å². The van der Waals surface area contributed by atoms with Crippen LogP contribution in [0, 0.1) is 25.1 Å². The van der Waals surface area contributed by atoms with Gasteiger partial charge >= 0.3 is 0 Å². The maximum atomic E-state index is 15.0. The number of anilines is 2. The van der Waals surface area contributed by atoms with Gasteiger partial charge in [-0.2, -0.15) is 0 Å². The highest BCUT2D eigenvalue weighted by molar-refractivity contribution is 6.05. The average molecular weight is 501 g/mol. The zero-order valence-corrected chi connectivity index (χ0v) is 21.2. The molecule has 0 bridgehead atoms. The summed E-state index contributed by atoms with van der Waals surface area (Å²) in [6, 6.07) is 8.34. The van der Waals surface area contributed by atoms with Gasteiger partial charge in [-0.1, -0.05) is 6.92 Å². The molecule has 0 unspecified atom stereocenters. The van der Waals surface area contributed by atoms with Crippen LogP contribution in [-0.2, 0) is 10.2 Å². The standard InChI is InChI=1S/C29H29FN4O3/c1-5-23-25(34-8-10-37-11-9-34)13-20(17-31-23)21-16-24(22(30)12-18(21)2)32-28(35)19-14-26(29(3)6-7-29)33-27(15-19)36-4/h1,12-17H,6-11H2,2-4H3,(H,32,35). The van der Waals surface area contributed by atoms with E-state index in [4.69, 9.17) is 15.9 Å². The number of morpholine rings is 1. The van der Waals surface area contributed by atoms with Gasteiger partial charge in [0.25, 0.3) is 5.91 Å². The number of pyridine rings is 2. The fraction of sp³-hybridized carbons (Fsp3) is 0.345. The summed E-state index contributed by atoms with van der Waals surface area (Å²) in [4.78, 5) is 24.3. The molecule has 8 heteroatoms. The van der Waals surface area contributed by atoms with Gasteiger partial charge < -0.3 is 19.7 Å². The van der Waals surface area contributed by atoms with Crippen molar-refractivity contribution >= 4 is 17.3 Å². The predicted molar refractivity (Wildman–Crippen MR) is 141 cm³/mol. The van der Waals surface area contributed by atoms with Gasteiger partial charge in [-0.3, -0.25) is 4.79 Å². The first-order chi connectivity index (χ1) is 17.8. The average Bonchev–Trinajstić information content (AvgIpc) is 3.68. The Labute approximate surface area is 216 Å². The lowest BCUT2D eigenvalue weighted by atomic mass is 9.99. The van der Waals surface area contributed by atoms with Crippen LogP contribution in [0.25, 0.3) is 11.1 Å². The molecule has 3 heterocycles. The molecule has 1 aromatic carbocycles. The fourth-order valence-corrected chi connectivity index (χ4v) is 4.52. The molecule has 0 atom stereocenters. The van der Waals surface area contributed by atoms with Crippen LogP contribution in [0.15, 0.2) is 36.5 Å². The van der Waals surface area contributed by atoms with Gasteiger partial charge in [0.2, 0.25) is 5.88 Å². The van der Waals surface area contributed by atoms with Crippen molar-refractivity contribution in [2.45, 2.75) is 32.1 Å². The Morgan fingerprint density at radius 1 is 1.22 bits per heavy atom. The molecule has 2 fully saturated rings. The maximum absolute atomic E-state index is 15.0. The van der Waals surface area contributed by atoms with E-state index < -0.39 is 11.7 Å². The van der Waals surface area contributed by atoms with Crippen LogP contribution in [0.5, 0.6) is 5.88 Å². The number of hydrogen-bond acceptors (Lipinski definition) is 6. The molecule has 1 aliphatic heterocycles. The summed E-state index contributed by atoms with van der Waals surface area (Å²) in [6.07, 6.45) is 9.40. The molecule has 1 N–H and O–H groups in total. The van der Waals surface area contributed by atoms with E-state index >= 15 is 4.39 Å². The van der Waals surface area contributed by atoms with Gasteiger partial charge in [-0.05, 0) is 61.1 Å². The molecule has 1 aliphatic carbocycles. The van der Waals surface area contributed by atoms with Crippen molar-refractivity contribution in [3.63, 3.8) is 0 Å². The van der Waals surface area contributed by atoms with Gasteiger partial charge in [-0.15, -0.1) is 6.42 Å². The number of carbonyl (C=O) groups excluding carboxylic acids is 1. The van der Waals surface area contributed by atoms with Crippen molar-refractivity contribution in [1.82, 2.24) is 9.97 Å². The number of ether oxygens (including phenoxy) is 2. The molecular weight excluding hydrogens is 471 g/mol. The van der Waals surface area contributed by atoms with Gasteiger partial charge in [0.1, 0.15) is 11.5 Å². The first kappa shape index (κ1) is 24.7. The van der Waals surface area contributed by atoms with Gasteiger partial charge in [0.15, 0.2) is 0 Å². The normalized spacial score (nSPS) is 16.1. The number of rotatable bonds is 6. The van der Waals surface area contributed by atoms with Crippen LogP contribution < -0.4 is 15.0 Å². The van der Waals surface area contributed by atoms with Crippen molar-refractivity contribution in [3.05, 3.63) is 64.9 Å². The Morgan fingerprint density at radius 3 is 2.65 bits per heavy atom. The van der Waals surface area contributed by atoms with E-state index in [0.29, 0.717) is 49.0 Å². The molecule has 5 rings (SSSR count). The summed E-state index contributed by atoms with van der Waals surface area (Å²) < 4.78 is 25.8. The minimum Gasteiger partial charge on any atom is -0.481 e. The molecule has 1 amide bonds. The molecule has 7 nitrogen and oxygen atoms in total. The maximum Gasteiger partial charge on any atom is 0.256 e. The second-order valence-electron chi connectivity index (χ2n) is 9.78. The Balaban J connectivity index is 1.47. The van der Waals surface area contributed by atoms with Crippen LogP contribution in [0.4, 0.5) is 15.8 Å². The molecule has 2 aromatic heterocycles. The summed E-state index contributed by atoms with van der Waals surface area (Å²) in [5.41, 5.74) is 4.82. The molecule has 1 saturated carbocycles. The number of amides is 1. The Kier molecular flexibility index (Phi) is 6.57. The first-order valence-corrected chi connectivity index (χ1v) is 12.3. The number of nitrogens with one attached hydrogen (secondary N) is 1. The molecule has 37 heavy (non-hydrogen) atoms. The Morgan fingerprint density at radius 2 is 1.97 bits per heavy atom. The topological polar surface area (TPSA) is 76.6 Å². The molecule has 3 aromatic rings. The molecule has 0 spiro atoms. The van der Waals surface area contributed by atoms with Crippen molar-refractivity contribution in [3.8, 4) is 29.4 Å². The highest BCUT2D eigenvalue weighted by Crippen LogP contribution is 2.47. The summed E-state index contributed by atoms with van der Waals surface area (Å²) >= 11 is 0. The monoisotopic (exact) mass is 500 g/mol. The highest BCUT2D eigenvalue weighted by atomic mass is 19.1.